The molecule has 0 radical (unpaired) electrons. The smallest absolute Gasteiger partial charge is 0.307 e. The van der Waals surface area contributed by atoms with Crippen molar-refractivity contribution in [3.05, 3.63) is 82.5 Å². The predicted octanol–water partition coefficient (Wildman–Crippen LogP) is 4.77. The van der Waals surface area contributed by atoms with E-state index in [1.54, 1.807) is 12.2 Å². The van der Waals surface area contributed by atoms with Crippen LogP contribution in [0.4, 0.5) is 0 Å². The third-order valence-electron chi connectivity index (χ3n) is 6.12. The summed E-state index contributed by atoms with van der Waals surface area (Å²) < 4.78 is 0. The van der Waals surface area contributed by atoms with Crippen LogP contribution < -0.4 is 0 Å². The van der Waals surface area contributed by atoms with Crippen molar-refractivity contribution in [3.63, 3.8) is 0 Å². The SMILES string of the molecule is O=C(O)CC1=CC=C2C(=O)C(CCN3CCCCC3c3ccccc3)=CC=C2C1. The Hall–Kier alpha value is -2.72. The van der Waals surface area contributed by atoms with Crippen LogP contribution in [-0.4, -0.2) is 34.8 Å². The van der Waals surface area contributed by atoms with Gasteiger partial charge >= 0.3 is 5.97 Å². The monoisotopic (exact) mass is 389 g/mol. The molecule has 0 aromatic heterocycles. The Morgan fingerprint density at radius 2 is 1.90 bits per heavy atom. The fraction of sp³-hybridized carbons (Fsp3) is 0.360. The lowest BCUT2D eigenvalue weighted by Crippen LogP contribution is -2.34. The molecule has 3 aliphatic rings. The summed E-state index contributed by atoms with van der Waals surface area (Å²) in [6, 6.07) is 11.1. The van der Waals surface area contributed by atoms with Crippen molar-refractivity contribution in [1.82, 2.24) is 4.90 Å². The molecule has 29 heavy (non-hydrogen) atoms. The number of nitrogens with zero attached hydrogens (tertiary/aromatic N) is 1. The van der Waals surface area contributed by atoms with E-state index in [-0.39, 0.29) is 12.2 Å². The van der Waals surface area contributed by atoms with Gasteiger partial charge in [0, 0.05) is 23.7 Å². The molecule has 4 heteroatoms. The Morgan fingerprint density at radius 1 is 1.07 bits per heavy atom. The summed E-state index contributed by atoms with van der Waals surface area (Å²) in [7, 11) is 0. The van der Waals surface area contributed by atoms with Gasteiger partial charge in [0.25, 0.3) is 0 Å². The van der Waals surface area contributed by atoms with Gasteiger partial charge < -0.3 is 5.11 Å². The van der Waals surface area contributed by atoms with Crippen molar-refractivity contribution in [1.29, 1.82) is 0 Å². The number of fused-ring (bicyclic) bond motifs is 1. The molecule has 1 atom stereocenters. The molecule has 1 aliphatic heterocycles. The second kappa shape index (κ2) is 8.75. The summed E-state index contributed by atoms with van der Waals surface area (Å²) in [6.45, 7) is 1.96. The number of hydrogen-bond acceptors (Lipinski definition) is 3. The summed E-state index contributed by atoms with van der Waals surface area (Å²) >= 11 is 0. The highest BCUT2D eigenvalue weighted by Gasteiger charge is 2.27. The van der Waals surface area contributed by atoms with E-state index >= 15 is 0 Å². The highest BCUT2D eigenvalue weighted by molar-refractivity contribution is 6.13. The maximum atomic E-state index is 13.0. The minimum absolute atomic E-state index is 0.0295. The molecule has 4 rings (SSSR count). The summed E-state index contributed by atoms with van der Waals surface area (Å²) in [5, 5.41) is 8.99. The number of carboxylic acid groups (broad SMARTS) is 1. The predicted molar refractivity (Wildman–Crippen MR) is 113 cm³/mol. The van der Waals surface area contributed by atoms with Crippen LogP contribution in [0.25, 0.3) is 0 Å². The van der Waals surface area contributed by atoms with Crippen molar-refractivity contribution in [2.45, 2.75) is 44.6 Å². The van der Waals surface area contributed by atoms with Crippen LogP contribution >= 0.6 is 0 Å². The average Bonchev–Trinajstić information content (AvgIpc) is 2.74. The van der Waals surface area contributed by atoms with Gasteiger partial charge in [0.2, 0.25) is 0 Å². The van der Waals surface area contributed by atoms with Crippen LogP contribution in [0, 0.1) is 0 Å². The van der Waals surface area contributed by atoms with Crippen LogP contribution in [0.1, 0.15) is 50.1 Å². The first-order chi connectivity index (χ1) is 14.1. The molecule has 1 N–H and O–H groups in total. The van der Waals surface area contributed by atoms with Crippen molar-refractivity contribution < 1.29 is 14.7 Å². The largest absolute Gasteiger partial charge is 0.481 e. The Labute approximate surface area is 171 Å². The van der Waals surface area contributed by atoms with Crippen LogP contribution in [-0.2, 0) is 9.59 Å². The maximum Gasteiger partial charge on any atom is 0.307 e. The van der Waals surface area contributed by atoms with Gasteiger partial charge in [-0.2, -0.15) is 0 Å². The number of likely N-dealkylation sites (tertiary alicyclic amines) is 1. The first kappa shape index (κ1) is 19.6. The lowest BCUT2D eigenvalue weighted by molar-refractivity contribution is -0.136. The van der Waals surface area contributed by atoms with Crippen LogP contribution in [0.5, 0.6) is 0 Å². The maximum absolute atomic E-state index is 13.0. The van der Waals surface area contributed by atoms with E-state index in [1.165, 1.54) is 24.8 Å². The average molecular weight is 389 g/mol. The molecular formula is C25H27NO3. The second-order valence-corrected chi connectivity index (χ2v) is 8.07. The topological polar surface area (TPSA) is 57.6 Å². The van der Waals surface area contributed by atoms with E-state index < -0.39 is 5.97 Å². The highest BCUT2D eigenvalue weighted by atomic mass is 16.4. The van der Waals surface area contributed by atoms with Crippen molar-refractivity contribution >= 4 is 11.8 Å². The van der Waals surface area contributed by atoms with Crippen LogP contribution in [0.3, 0.4) is 0 Å². The van der Waals surface area contributed by atoms with Crippen molar-refractivity contribution in [2.24, 2.45) is 0 Å². The number of carbonyl (C=O) groups excluding carboxylic acids is 1. The molecule has 2 aliphatic carbocycles. The minimum Gasteiger partial charge on any atom is -0.481 e. The molecule has 0 spiro atoms. The number of carboxylic acids is 1. The number of hydrogen-bond donors (Lipinski definition) is 1. The van der Waals surface area contributed by atoms with Gasteiger partial charge in [0.1, 0.15) is 0 Å². The number of carbonyl (C=O) groups is 2. The number of Topliss-reactive ketones (excluding diaryl/α,β-unsaturated/α-hetero) is 1. The standard InChI is InChI=1S/C25H27NO3/c27-24(28)17-18-9-12-22-21(16-18)11-10-20(25(22)29)13-15-26-14-5-4-8-23(26)19-6-2-1-3-7-19/h1-3,6-7,9-12,23H,4-5,8,13-17H2,(H,27,28). The highest BCUT2D eigenvalue weighted by Crippen LogP contribution is 2.34. The second-order valence-electron chi connectivity index (χ2n) is 8.07. The van der Waals surface area contributed by atoms with Gasteiger partial charge in [0.05, 0.1) is 6.42 Å². The Morgan fingerprint density at radius 3 is 2.69 bits per heavy atom. The van der Waals surface area contributed by atoms with Gasteiger partial charge in [-0.1, -0.05) is 66.6 Å². The molecule has 4 nitrogen and oxygen atoms in total. The molecule has 1 heterocycles. The molecule has 0 bridgehead atoms. The Balaban J connectivity index is 1.43. The fourth-order valence-corrected chi connectivity index (χ4v) is 4.61. The Bertz CT molecular complexity index is 921. The van der Waals surface area contributed by atoms with Gasteiger partial charge in [-0.15, -0.1) is 0 Å². The van der Waals surface area contributed by atoms with Crippen molar-refractivity contribution in [3.8, 4) is 0 Å². The summed E-state index contributed by atoms with van der Waals surface area (Å²) in [6.07, 6.45) is 12.5. The molecular weight excluding hydrogens is 362 g/mol. The molecule has 0 amide bonds. The van der Waals surface area contributed by atoms with Gasteiger partial charge in [-0.25, -0.2) is 0 Å². The van der Waals surface area contributed by atoms with E-state index in [4.69, 9.17) is 5.11 Å². The van der Waals surface area contributed by atoms with Gasteiger partial charge in [0.15, 0.2) is 5.78 Å². The number of rotatable bonds is 6. The summed E-state index contributed by atoms with van der Waals surface area (Å²) in [4.78, 5) is 26.4. The summed E-state index contributed by atoms with van der Waals surface area (Å²) in [5.74, 6) is -0.733. The number of benzene rings is 1. The van der Waals surface area contributed by atoms with E-state index in [9.17, 15) is 9.59 Å². The third-order valence-corrected chi connectivity index (χ3v) is 6.12. The first-order valence-corrected chi connectivity index (χ1v) is 10.5. The molecule has 1 saturated heterocycles. The van der Waals surface area contributed by atoms with Gasteiger partial charge in [-0.05, 0) is 43.4 Å². The number of aliphatic carboxylic acids is 1. The van der Waals surface area contributed by atoms with Gasteiger partial charge in [-0.3, -0.25) is 14.5 Å². The zero-order valence-electron chi connectivity index (χ0n) is 16.6. The minimum atomic E-state index is -0.832. The molecule has 1 fully saturated rings. The fourth-order valence-electron chi connectivity index (χ4n) is 4.61. The normalized spacial score (nSPS) is 22.2. The number of piperidine rings is 1. The molecule has 0 saturated carbocycles. The lowest BCUT2D eigenvalue weighted by Gasteiger charge is -2.36. The Kier molecular flexibility index (Phi) is 5.91. The van der Waals surface area contributed by atoms with E-state index in [2.05, 4.69) is 35.2 Å². The zero-order chi connectivity index (χ0) is 20.2. The quantitative estimate of drug-likeness (QED) is 0.761. The number of allylic oxidation sites excluding steroid dienone is 6. The van der Waals surface area contributed by atoms with Crippen LogP contribution in [0.2, 0.25) is 0 Å². The first-order valence-electron chi connectivity index (χ1n) is 10.5. The van der Waals surface area contributed by atoms with E-state index in [1.807, 2.05) is 12.2 Å². The molecule has 1 aromatic carbocycles. The third kappa shape index (κ3) is 4.48. The van der Waals surface area contributed by atoms with Crippen LogP contribution in [0.15, 0.2) is 76.9 Å². The molecule has 1 unspecified atom stereocenters. The molecule has 1 aromatic rings. The number of ketones is 1. The van der Waals surface area contributed by atoms with E-state index in [0.29, 0.717) is 12.5 Å². The zero-order valence-corrected chi connectivity index (χ0v) is 16.6. The van der Waals surface area contributed by atoms with Crippen molar-refractivity contribution in [2.75, 3.05) is 13.1 Å². The summed E-state index contributed by atoms with van der Waals surface area (Å²) in [5.41, 5.74) is 4.74. The molecule has 150 valence electrons. The lowest BCUT2D eigenvalue weighted by atomic mass is 9.82. The van der Waals surface area contributed by atoms with E-state index in [0.717, 1.165) is 41.8 Å².